The molecule has 22 heavy (non-hydrogen) atoms. The molecule has 0 unspecified atom stereocenters. The van der Waals surface area contributed by atoms with E-state index in [2.05, 4.69) is 31.2 Å². The molecule has 0 amide bonds. The molecule has 2 atom stereocenters. The van der Waals surface area contributed by atoms with Crippen LogP contribution in [-0.2, 0) is 6.54 Å². The summed E-state index contributed by atoms with van der Waals surface area (Å²) in [5.41, 5.74) is 1.08. The first-order valence-electron chi connectivity index (χ1n) is 8.04. The lowest BCUT2D eigenvalue weighted by atomic mass is 10.0. The second kappa shape index (κ2) is 6.08. The third-order valence-corrected chi connectivity index (χ3v) is 4.23. The van der Waals surface area contributed by atoms with Crippen molar-refractivity contribution >= 4 is 0 Å². The van der Waals surface area contributed by atoms with Gasteiger partial charge in [0.05, 0.1) is 6.04 Å². The molecule has 2 heterocycles. The minimum Gasteiger partial charge on any atom is -0.508 e. The van der Waals surface area contributed by atoms with Crippen LogP contribution in [0.1, 0.15) is 68.8 Å². The van der Waals surface area contributed by atoms with Crippen molar-refractivity contribution in [2.45, 2.75) is 58.2 Å². The first-order valence-corrected chi connectivity index (χ1v) is 8.04. The Kier molecular flexibility index (Phi) is 4.16. The van der Waals surface area contributed by atoms with Gasteiger partial charge in [0, 0.05) is 18.5 Å². The Balaban J connectivity index is 1.79. The second-order valence-electron chi connectivity index (χ2n) is 6.38. The molecule has 0 saturated heterocycles. The van der Waals surface area contributed by atoms with Gasteiger partial charge in [-0.25, -0.2) is 9.67 Å². The molecule has 3 rings (SSSR count). The SMILES string of the molecule is CC(C)c1nc2n(n1)CCC[C@@H]2N[C@@H](C)c1cccc(O)c1. The van der Waals surface area contributed by atoms with E-state index in [-0.39, 0.29) is 12.1 Å². The van der Waals surface area contributed by atoms with E-state index in [0.29, 0.717) is 11.7 Å². The van der Waals surface area contributed by atoms with Gasteiger partial charge < -0.3 is 10.4 Å². The first-order chi connectivity index (χ1) is 10.5. The summed E-state index contributed by atoms with van der Waals surface area (Å²) < 4.78 is 2.05. The molecular weight excluding hydrogens is 276 g/mol. The molecule has 1 aliphatic heterocycles. The van der Waals surface area contributed by atoms with E-state index in [1.807, 2.05) is 22.9 Å². The van der Waals surface area contributed by atoms with Crippen LogP contribution in [0.25, 0.3) is 0 Å². The maximum Gasteiger partial charge on any atom is 0.153 e. The van der Waals surface area contributed by atoms with Crippen LogP contribution in [0.15, 0.2) is 24.3 Å². The fourth-order valence-electron chi connectivity index (χ4n) is 2.96. The average Bonchev–Trinajstić information content (AvgIpc) is 2.92. The van der Waals surface area contributed by atoms with E-state index in [1.54, 1.807) is 6.07 Å². The van der Waals surface area contributed by atoms with Gasteiger partial charge in [-0.1, -0.05) is 26.0 Å². The Morgan fingerprint density at radius 2 is 2.14 bits per heavy atom. The van der Waals surface area contributed by atoms with Crippen LogP contribution >= 0.6 is 0 Å². The van der Waals surface area contributed by atoms with Crippen molar-refractivity contribution in [3.63, 3.8) is 0 Å². The molecule has 0 fully saturated rings. The maximum absolute atomic E-state index is 9.64. The highest BCUT2D eigenvalue weighted by molar-refractivity contribution is 5.29. The lowest BCUT2D eigenvalue weighted by Crippen LogP contribution is -2.30. The summed E-state index contributed by atoms with van der Waals surface area (Å²) in [4.78, 5) is 4.74. The number of fused-ring (bicyclic) bond motifs is 1. The molecule has 0 spiro atoms. The number of hydrogen-bond donors (Lipinski definition) is 2. The van der Waals surface area contributed by atoms with E-state index in [4.69, 9.17) is 4.98 Å². The zero-order valence-corrected chi connectivity index (χ0v) is 13.5. The van der Waals surface area contributed by atoms with Gasteiger partial charge in [-0.3, -0.25) is 0 Å². The zero-order valence-electron chi connectivity index (χ0n) is 13.5. The highest BCUT2D eigenvalue weighted by atomic mass is 16.3. The second-order valence-corrected chi connectivity index (χ2v) is 6.38. The largest absolute Gasteiger partial charge is 0.508 e. The number of phenolic OH excluding ortho intramolecular Hbond substituents is 1. The predicted molar refractivity (Wildman–Crippen MR) is 85.7 cm³/mol. The average molecular weight is 300 g/mol. The fourth-order valence-corrected chi connectivity index (χ4v) is 2.96. The van der Waals surface area contributed by atoms with Gasteiger partial charge in [0.25, 0.3) is 0 Å². The molecule has 0 aliphatic carbocycles. The monoisotopic (exact) mass is 300 g/mol. The molecule has 2 N–H and O–H groups in total. The van der Waals surface area contributed by atoms with Gasteiger partial charge >= 0.3 is 0 Å². The van der Waals surface area contributed by atoms with E-state index in [9.17, 15) is 5.11 Å². The summed E-state index contributed by atoms with van der Waals surface area (Å²) >= 11 is 0. The van der Waals surface area contributed by atoms with Gasteiger partial charge in [0.15, 0.2) is 5.82 Å². The highest BCUT2D eigenvalue weighted by Crippen LogP contribution is 2.28. The van der Waals surface area contributed by atoms with Crippen molar-refractivity contribution in [2.75, 3.05) is 0 Å². The quantitative estimate of drug-likeness (QED) is 0.909. The molecule has 1 aliphatic rings. The normalized spacial score (nSPS) is 19.2. The Bertz CT molecular complexity index is 650. The number of nitrogens with zero attached hydrogens (tertiary/aromatic N) is 3. The molecule has 0 radical (unpaired) electrons. The van der Waals surface area contributed by atoms with Crippen LogP contribution in [0.2, 0.25) is 0 Å². The van der Waals surface area contributed by atoms with Crippen molar-refractivity contribution < 1.29 is 5.11 Å². The molecular formula is C17H24N4O. The Labute approximate surface area is 131 Å². The number of aromatic nitrogens is 3. The first kappa shape index (κ1) is 15.0. The van der Waals surface area contributed by atoms with E-state index in [0.717, 1.165) is 36.6 Å². The van der Waals surface area contributed by atoms with Crippen LogP contribution in [0.4, 0.5) is 0 Å². The summed E-state index contributed by atoms with van der Waals surface area (Å²) in [6, 6.07) is 7.79. The Morgan fingerprint density at radius 3 is 2.86 bits per heavy atom. The number of rotatable bonds is 4. The van der Waals surface area contributed by atoms with Crippen LogP contribution in [-0.4, -0.2) is 19.9 Å². The standard InChI is InChI=1S/C17H24N4O/c1-11(2)16-19-17-15(8-5-9-21(17)20-16)18-12(3)13-6-4-7-14(22)10-13/h4,6-7,10-12,15,18,22H,5,8-9H2,1-3H3/t12-,15-/m0/s1. The molecule has 118 valence electrons. The molecule has 1 aromatic carbocycles. The number of nitrogens with one attached hydrogen (secondary N) is 1. The van der Waals surface area contributed by atoms with Crippen molar-refractivity contribution in [3.05, 3.63) is 41.5 Å². The topological polar surface area (TPSA) is 63.0 Å². The Hall–Kier alpha value is -1.88. The van der Waals surface area contributed by atoms with E-state index >= 15 is 0 Å². The number of hydrogen-bond acceptors (Lipinski definition) is 4. The minimum absolute atomic E-state index is 0.155. The van der Waals surface area contributed by atoms with Crippen molar-refractivity contribution in [1.82, 2.24) is 20.1 Å². The highest BCUT2D eigenvalue weighted by Gasteiger charge is 2.26. The molecule has 5 nitrogen and oxygen atoms in total. The molecule has 5 heteroatoms. The van der Waals surface area contributed by atoms with Crippen LogP contribution in [0, 0.1) is 0 Å². The molecule has 0 bridgehead atoms. The van der Waals surface area contributed by atoms with Crippen LogP contribution < -0.4 is 5.32 Å². The number of benzene rings is 1. The summed E-state index contributed by atoms with van der Waals surface area (Å²) in [6.07, 6.45) is 2.18. The molecule has 1 aromatic heterocycles. The third-order valence-electron chi connectivity index (χ3n) is 4.23. The van der Waals surface area contributed by atoms with Crippen LogP contribution in [0.5, 0.6) is 5.75 Å². The summed E-state index contributed by atoms with van der Waals surface area (Å²) in [6.45, 7) is 7.32. The number of phenols is 1. The van der Waals surface area contributed by atoms with Gasteiger partial charge in [0.1, 0.15) is 11.6 Å². The van der Waals surface area contributed by atoms with Gasteiger partial charge in [-0.2, -0.15) is 5.10 Å². The zero-order chi connectivity index (χ0) is 15.7. The lowest BCUT2D eigenvalue weighted by Gasteiger charge is -2.26. The summed E-state index contributed by atoms with van der Waals surface area (Å²) in [5.74, 6) is 2.62. The van der Waals surface area contributed by atoms with Gasteiger partial charge in [-0.15, -0.1) is 0 Å². The van der Waals surface area contributed by atoms with E-state index < -0.39 is 0 Å². The summed E-state index contributed by atoms with van der Waals surface area (Å²) in [7, 11) is 0. The Morgan fingerprint density at radius 1 is 1.32 bits per heavy atom. The molecule has 0 saturated carbocycles. The molecule has 2 aromatic rings. The van der Waals surface area contributed by atoms with Crippen molar-refractivity contribution in [3.8, 4) is 5.75 Å². The van der Waals surface area contributed by atoms with E-state index in [1.165, 1.54) is 0 Å². The van der Waals surface area contributed by atoms with Gasteiger partial charge in [-0.05, 0) is 37.5 Å². The smallest absolute Gasteiger partial charge is 0.153 e. The van der Waals surface area contributed by atoms with Gasteiger partial charge in [0.2, 0.25) is 0 Å². The lowest BCUT2D eigenvalue weighted by molar-refractivity contribution is 0.343. The number of aryl methyl sites for hydroxylation is 1. The summed E-state index contributed by atoms with van der Waals surface area (Å²) in [5, 5.41) is 17.9. The fraction of sp³-hybridized carbons (Fsp3) is 0.529. The maximum atomic E-state index is 9.64. The van der Waals surface area contributed by atoms with Crippen molar-refractivity contribution in [1.29, 1.82) is 0 Å². The predicted octanol–water partition coefficient (Wildman–Crippen LogP) is 3.29. The van der Waals surface area contributed by atoms with Crippen LogP contribution in [0.3, 0.4) is 0 Å². The third kappa shape index (κ3) is 2.99. The minimum atomic E-state index is 0.155. The van der Waals surface area contributed by atoms with Crippen molar-refractivity contribution in [2.24, 2.45) is 0 Å². The number of aromatic hydroxyl groups is 1.